The van der Waals surface area contributed by atoms with Crippen LogP contribution in [0.2, 0.25) is 0 Å². The van der Waals surface area contributed by atoms with Crippen LogP contribution in [-0.4, -0.2) is 42.4 Å². The fourth-order valence-electron chi connectivity index (χ4n) is 12.9. The number of fused-ring (bicyclic) bond motifs is 12. The molecular formula is C79H55Cl2F6N10O3PPt2-4. The van der Waals surface area contributed by atoms with Crippen LogP contribution in [0.5, 0.6) is 0 Å². The van der Waals surface area contributed by atoms with E-state index in [9.17, 15) is 21.0 Å². The van der Waals surface area contributed by atoms with Crippen molar-refractivity contribution in [1.29, 1.82) is 0 Å². The number of hydrogen-bond donors (Lipinski definition) is 0. The molecule has 0 amide bonds. The van der Waals surface area contributed by atoms with E-state index in [-0.39, 0.29) is 25.8 Å². The minimum absolute atomic E-state index is 0. The van der Waals surface area contributed by atoms with Crippen molar-refractivity contribution in [1.82, 2.24) is 28.6 Å². The third-order valence-corrected chi connectivity index (χ3v) is 16.9. The first-order valence-corrected chi connectivity index (χ1v) is 38.5. The van der Waals surface area contributed by atoms with Gasteiger partial charge in [-0.05, 0) is 110 Å². The average molecular weight is 1800 g/mol. The summed E-state index contributed by atoms with van der Waals surface area (Å²) >= 11 is -0.472. The molecule has 0 spiro atoms. The number of carbonyl (C=O) groups excluding carboxylic acids is 1. The first-order chi connectivity index (χ1) is 49.5. The Kier molecular flexibility index (Phi) is 21.1. The molecule has 17 aromatic rings. The molecule has 0 bridgehead atoms. The second-order valence-electron chi connectivity index (χ2n) is 23.2. The maximum Gasteiger partial charge on any atom is 0 e. The summed E-state index contributed by atoms with van der Waals surface area (Å²) in [5, 5.41) is 8.97. The van der Waals surface area contributed by atoms with Crippen LogP contribution in [0, 0.1) is 18.8 Å². The Morgan fingerprint density at radius 3 is 1.63 bits per heavy atom. The van der Waals surface area contributed by atoms with Crippen molar-refractivity contribution in [3.05, 3.63) is 305 Å². The number of nitrogens with zero attached hydrogens (tertiary/aromatic N) is 10. The largest absolute Gasteiger partial charge is 1.00 e. The van der Waals surface area contributed by atoms with Crippen molar-refractivity contribution >= 4 is 161 Å². The van der Waals surface area contributed by atoms with Gasteiger partial charge in [0, 0.05) is 83.0 Å². The van der Waals surface area contributed by atoms with Gasteiger partial charge in [0.05, 0.1) is 35.1 Å². The molecule has 0 N–H and O–H groups in total. The van der Waals surface area contributed by atoms with Gasteiger partial charge in [0.1, 0.15) is 40.9 Å². The predicted octanol–water partition coefficient (Wildman–Crippen LogP) is 19.7. The van der Waals surface area contributed by atoms with Crippen LogP contribution in [0.1, 0.15) is 1.37 Å². The second kappa shape index (κ2) is 30.6. The van der Waals surface area contributed by atoms with Gasteiger partial charge in [0.2, 0.25) is 6.33 Å². The summed E-state index contributed by atoms with van der Waals surface area (Å²) in [7, 11) is 5.25. The van der Waals surface area contributed by atoms with E-state index in [1.165, 1.54) is 10.8 Å². The molecule has 1 aliphatic rings. The Labute approximate surface area is 619 Å². The summed E-state index contributed by atoms with van der Waals surface area (Å²) in [4.78, 5) is 26.4. The number of imidazole rings is 1. The fraction of sp³-hybridized carbons (Fsp3) is 0.0253. The van der Waals surface area contributed by atoms with Crippen LogP contribution in [-0.2, 0) is 49.4 Å². The van der Waals surface area contributed by atoms with Gasteiger partial charge in [0.25, 0.3) is 0 Å². The molecule has 0 aliphatic carbocycles. The van der Waals surface area contributed by atoms with E-state index in [0.29, 0.717) is 0 Å². The van der Waals surface area contributed by atoms with Crippen molar-refractivity contribution < 1.29 is 82.8 Å². The zero-order valence-corrected chi connectivity index (χ0v) is 61.0. The average Bonchev–Trinajstić information content (AvgIpc) is 0.901. The Balaban J connectivity index is 0.000000167. The Bertz CT molecular complexity index is 5950. The van der Waals surface area contributed by atoms with Crippen molar-refractivity contribution in [2.24, 2.45) is 7.05 Å². The van der Waals surface area contributed by atoms with Crippen molar-refractivity contribution in [2.45, 2.75) is 0 Å². The zero-order valence-electron chi connectivity index (χ0n) is 55.0. The van der Waals surface area contributed by atoms with E-state index >= 15 is 0 Å². The summed E-state index contributed by atoms with van der Waals surface area (Å²) in [5.41, 5.74) is 15.3. The molecule has 13 nitrogen and oxygen atoms in total. The molecule has 524 valence electrons. The molecule has 0 saturated carbocycles. The molecule has 0 radical (unpaired) electrons. The third kappa shape index (κ3) is 14.9. The topological polar surface area (TPSA) is 101 Å². The molecule has 18 rings (SSSR count). The summed E-state index contributed by atoms with van der Waals surface area (Å²) < 4.78 is 76.4. The summed E-state index contributed by atoms with van der Waals surface area (Å²) in [5.74, 6) is 1.73. The van der Waals surface area contributed by atoms with E-state index in [4.69, 9.17) is 43.8 Å². The first-order valence-electron chi connectivity index (χ1n) is 31.7. The van der Waals surface area contributed by atoms with Crippen LogP contribution in [0.4, 0.5) is 60.8 Å². The summed E-state index contributed by atoms with van der Waals surface area (Å²) in [6, 6.07) is 91.5. The van der Waals surface area contributed by atoms with Crippen LogP contribution >= 0.6 is 27.0 Å². The summed E-state index contributed by atoms with van der Waals surface area (Å²) in [6.45, 7) is 2.78. The van der Waals surface area contributed by atoms with E-state index in [0.717, 1.165) is 141 Å². The SMILES string of the molecule is CN1C=CN(c2[c-]c(N(c3[c-]c4c(cc3)c3ccccc3n4-c3ccccn3)c3cccc4c3oc3ccccc34)ccc2)[CH-]1.C[n+]1ccn(-c2cccc(N(c3ccc4c5ccccc5n(-c5ccccn5)c4c3)c3cccc4c3oc3ccccc34)c2)c1.FP(F)(F)(F)F.[2H][C-]=O.[Cl][Pt][Cl].[F-].[Pt]. The smallest absolute Gasteiger partial charge is 0 e. The summed E-state index contributed by atoms with van der Waals surface area (Å²) in [6.07, 6.45) is 13.9. The fourth-order valence-corrected chi connectivity index (χ4v) is 12.9. The third-order valence-electron chi connectivity index (χ3n) is 16.9. The van der Waals surface area contributed by atoms with Crippen LogP contribution in [0.3, 0.4) is 0 Å². The van der Waals surface area contributed by atoms with Crippen LogP contribution in [0.15, 0.2) is 295 Å². The molecule has 0 atom stereocenters. The molecule has 8 heterocycles. The molecular weight excluding hydrogens is 1740 g/mol. The van der Waals surface area contributed by atoms with Gasteiger partial charge in [-0.25, -0.2) is 19.1 Å². The number of hydrogen-bond acceptors (Lipinski definition) is 9. The monoisotopic (exact) mass is 1800 g/mol. The second-order valence-corrected chi connectivity index (χ2v) is 27.7. The molecule has 1 aliphatic heterocycles. The number of anilines is 7. The maximum atomic E-state index is 9.84. The number of para-hydroxylation sites is 6. The normalized spacial score (nSPS) is 12.3. The predicted molar refractivity (Wildman–Crippen MR) is 394 cm³/mol. The van der Waals surface area contributed by atoms with Crippen molar-refractivity contribution in [3.8, 4) is 17.3 Å². The van der Waals surface area contributed by atoms with Gasteiger partial charge >= 0.3 is 64.5 Å². The minimum atomic E-state index is -8.55. The maximum absolute atomic E-state index is 9.84. The molecule has 103 heavy (non-hydrogen) atoms. The molecule has 10 aromatic carbocycles. The van der Waals surface area contributed by atoms with E-state index in [1.54, 1.807) is 0 Å². The van der Waals surface area contributed by atoms with Gasteiger partial charge in [-0.1, -0.05) is 138 Å². The molecule has 7 aromatic heterocycles. The van der Waals surface area contributed by atoms with Gasteiger partial charge in [0.15, 0.2) is 11.2 Å². The number of benzene rings is 10. The zero-order chi connectivity index (χ0) is 70.7. The van der Waals surface area contributed by atoms with Crippen LogP contribution in [0.25, 0.3) is 105 Å². The number of halogens is 8. The molecule has 0 fully saturated rings. The van der Waals surface area contributed by atoms with Gasteiger partial charge in [-0.2, -0.15) is 20.2 Å². The van der Waals surface area contributed by atoms with E-state index in [1.807, 2.05) is 122 Å². The van der Waals surface area contributed by atoms with E-state index < -0.39 is 24.6 Å². The van der Waals surface area contributed by atoms with Crippen molar-refractivity contribution in [3.63, 3.8) is 0 Å². The van der Waals surface area contributed by atoms with Gasteiger partial charge in [-0.3, -0.25) is 11.3 Å². The molecule has 0 saturated heterocycles. The Morgan fingerprint density at radius 2 is 1.05 bits per heavy atom. The number of aromatic nitrogens is 6. The minimum Gasteiger partial charge on any atom is -1.00 e. The number of rotatable bonds is 10. The number of furan rings is 2. The van der Waals surface area contributed by atoms with Gasteiger partial charge in [-0.15, -0.1) is 41.4 Å². The number of aryl methyl sites for hydroxylation is 1. The van der Waals surface area contributed by atoms with Crippen LogP contribution < -0.4 is 24.0 Å². The Hall–Kier alpha value is -10.5. The van der Waals surface area contributed by atoms with Crippen molar-refractivity contribution in [2.75, 3.05) is 21.7 Å². The quantitative estimate of drug-likeness (QED) is 0.0436. The first kappa shape index (κ1) is 70.9. The standard InChI is InChI=1S/C39H28N5O.C39H26N5O.CHO.2ClH.F5P.FH.2Pt/c2*1-41-22-23-42(26-41)27-10-8-11-28(24-27)43(35-16-9-14-33-32-13-3-5-17-37(32)45-39(33)35)29-19-20-31-30-12-2-4-15-34(30)44(36(31)25-29)38-18-6-7-21-40-38;1-2;;;1-6(2,3,4)5;;;/h2-26H,1H3;2-23,26H,1H3;1H;2*1H;;1H;;/q+1;-3;-1;;;;;;+2/p-3/i;;1D;;;;;;. The molecule has 24 heteroatoms. The number of pyridine rings is 2. The Morgan fingerprint density at radius 1 is 0.553 bits per heavy atom. The van der Waals surface area contributed by atoms with Gasteiger partial charge < -0.3 is 42.5 Å². The van der Waals surface area contributed by atoms with E-state index in [2.05, 4.69) is 235 Å². The molecule has 0 unspecified atom stereocenters.